The van der Waals surface area contributed by atoms with Crippen LogP contribution < -0.4 is 5.73 Å². The Morgan fingerprint density at radius 1 is 1.62 bits per heavy atom. The smallest absolute Gasteiger partial charge is 0.270 e. The van der Waals surface area contributed by atoms with Crippen LogP contribution in [0, 0.1) is 0 Å². The lowest BCUT2D eigenvalue weighted by Crippen LogP contribution is -2.12. The summed E-state index contributed by atoms with van der Waals surface area (Å²) in [5.74, 6) is -0.717. The fraction of sp³-hybridized carbons (Fsp3) is 0. The second-order valence-electron chi connectivity index (χ2n) is 2.37. The summed E-state index contributed by atoms with van der Waals surface area (Å²) in [6.07, 6.45) is 1.39. The minimum absolute atomic E-state index is 0.0209. The van der Waals surface area contributed by atoms with Crippen LogP contribution in [0.3, 0.4) is 0 Å². The third kappa shape index (κ3) is 0.975. The third-order valence-electron chi connectivity index (χ3n) is 1.57. The number of primary amides is 1. The number of carbonyl (C=O) groups excluding carboxylic acids is 1. The van der Waals surface area contributed by atoms with E-state index in [1.165, 1.54) is 12.3 Å². The summed E-state index contributed by atoms with van der Waals surface area (Å²) in [7, 11) is 0. The standard InChI is InChI=1S/C6H5N5O2/c7-5(12)4-3-1-2-8-9-6(3)11(13)10-4/h1-2,13H,(H2,7,12). The molecule has 13 heavy (non-hydrogen) atoms. The van der Waals surface area contributed by atoms with E-state index >= 15 is 0 Å². The Hall–Kier alpha value is -2.18. The number of rotatable bonds is 1. The lowest BCUT2D eigenvalue weighted by molar-refractivity contribution is 0.0984. The average molecular weight is 179 g/mol. The fourth-order valence-electron chi connectivity index (χ4n) is 1.03. The van der Waals surface area contributed by atoms with Gasteiger partial charge in [-0.05, 0) is 6.07 Å². The van der Waals surface area contributed by atoms with Crippen molar-refractivity contribution in [2.75, 3.05) is 0 Å². The summed E-state index contributed by atoms with van der Waals surface area (Å²) in [6, 6.07) is 1.50. The topological polar surface area (TPSA) is 107 Å². The molecule has 0 aliphatic rings. The SMILES string of the molecule is NC(=O)c1nn(O)c2nnccc12. The molecule has 0 atom stereocenters. The first-order valence-electron chi connectivity index (χ1n) is 3.39. The molecule has 0 fully saturated rings. The van der Waals surface area contributed by atoms with Crippen molar-refractivity contribution in [1.82, 2.24) is 20.1 Å². The first-order chi connectivity index (χ1) is 6.20. The summed E-state index contributed by atoms with van der Waals surface area (Å²) in [5, 5.41) is 20.1. The molecule has 2 aromatic rings. The van der Waals surface area contributed by atoms with Gasteiger partial charge in [-0.3, -0.25) is 4.79 Å². The van der Waals surface area contributed by atoms with E-state index in [0.29, 0.717) is 10.2 Å². The summed E-state index contributed by atoms with van der Waals surface area (Å²) in [5.41, 5.74) is 5.11. The van der Waals surface area contributed by atoms with Gasteiger partial charge >= 0.3 is 0 Å². The van der Waals surface area contributed by atoms with Crippen molar-refractivity contribution in [3.8, 4) is 0 Å². The maximum atomic E-state index is 10.8. The molecule has 2 aromatic heterocycles. The number of aromatic nitrogens is 4. The first-order valence-corrected chi connectivity index (χ1v) is 3.39. The van der Waals surface area contributed by atoms with Crippen molar-refractivity contribution in [3.05, 3.63) is 18.0 Å². The molecule has 0 unspecified atom stereocenters. The van der Waals surface area contributed by atoms with Gasteiger partial charge in [0.2, 0.25) is 5.65 Å². The summed E-state index contributed by atoms with van der Waals surface area (Å²) in [6.45, 7) is 0. The summed E-state index contributed by atoms with van der Waals surface area (Å²) < 4.78 is 0. The molecule has 0 saturated heterocycles. The monoisotopic (exact) mass is 179 g/mol. The second-order valence-corrected chi connectivity index (χ2v) is 2.37. The van der Waals surface area contributed by atoms with Crippen LogP contribution in [0.4, 0.5) is 0 Å². The molecule has 0 aromatic carbocycles. The Kier molecular flexibility index (Phi) is 1.38. The van der Waals surface area contributed by atoms with Gasteiger partial charge in [-0.1, -0.05) is 4.85 Å². The molecule has 0 aliphatic heterocycles. The van der Waals surface area contributed by atoms with E-state index in [1.807, 2.05) is 0 Å². The van der Waals surface area contributed by atoms with Crippen molar-refractivity contribution >= 4 is 16.9 Å². The van der Waals surface area contributed by atoms with Gasteiger partial charge in [0.15, 0.2) is 5.69 Å². The maximum Gasteiger partial charge on any atom is 0.270 e. The fourth-order valence-corrected chi connectivity index (χ4v) is 1.03. The van der Waals surface area contributed by atoms with Gasteiger partial charge in [0.25, 0.3) is 5.91 Å². The van der Waals surface area contributed by atoms with Crippen LogP contribution in [0.15, 0.2) is 12.3 Å². The third-order valence-corrected chi connectivity index (χ3v) is 1.57. The van der Waals surface area contributed by atoms with Gasteiger partial charge in [0.05, 0.1) is 11.6 Å². The van der Waals surface area contributed by atoms with E-state index < -0.39 is 5.91 Å². The minimum Gasteiger partial charge on any atom is -0.410 e. The number of nitrogens with two attached hydrogens (primary N) is 1. The molecule has 0 saturated carbocycles. The largest absolute Gasteiger partial charge is 0.410 e. The maximum absolute atomic E-state index is 10.8. The molecule has 7 nitrogen and oxygen atoms in total. The Morgan fingerprint density at radius 3 is 3.08 bits per heavy atom. The van der Waals surface area contributed by atoms with E-state index in [0.717, 1.165) is 0 Å². The molecule has 1 amide bonds. The number of amides is 1. The summed E-state index contributed by atoms with van der Waals surface area (Å²) >= 11 is 0. The Balaban J connectivity index is 2.85. The highest BCUT2D eigenvalue weighted by molar-refractivity contribution is 6.02. The van der Waals surface area contributed by atoms with Crippen LogP contribution >= 0.6 is 0 Å². The molecule has 66 valence electrons. The van der Waals surface area contributed by atoms with Crippen molar-refractivity contribution in [2.24, 2.45) is 5.73 Å². The van der Waals surface area contributed by atoms with Crippen LogP contribution in [0.5, 0.6) is 0 Å². The highest BCUT2D eigenvalue weighted by Gasteiger charge is 2.14. The zero-order chi connectivity index (χ0) is 9.42. The van der Waals surface area contributed by atoms with Crippen molar-refractivity contribution in [1.29, 1.82) is 0 Å². The van der Waals surface area contributed by atoms with Gasteiger partial charge in [0, 0.05) is 0 Å². The second kappa shape index (κ2) is 2.41. The highest BCUT2D eigenvalue weighted by Crippen LogP contribution is 2.12. The molecule has 0 radical (unpaired) electrons. The first kappa shape index (κ1) is 7.47. The van der Waals surface area contributed by atoms with E-state index in [4.69, 9.17) is 10.9 Å². The van der Waals surface area contributed by atoms with Gasteiger partial charge in [-0.15, -0.1) is 10.2 Å². The molecule has 0 bridgehead atoms. The molecule has 0 spiro atoms. The molecule has 0 aliphatic carbocycles. The molecule has 2 heterocycles. The van der Waals surface area contributed by atoms with E-state index in [2.05, 4.69) is 15.3 Å². The number of carbonyl (C=O) groups is 1. The van der Waals surface area contributed by atoms with Gasteiger partial charge in [-0.25, -0.2) is 0 Å². The highest BCUT2D eigenvalue weighted by atomic mass is 16.5. The van der Waals surface area contributed by atoms with Crippen molar-refractivity contribution in [2.45, 2.75) is 0 Å². The molecular formula is C6H5N5O2. The quantitative estimate of drug-likeness (QED) is 0.555. The van der Waals surface area contributed by atoms with E-state index in [9.17, 15) is 4.79 Å². The Labute approximate surface area is 71.7 Å². The zero-order valence-electron chi connectivity index (χ0n) is 6.38. The minimum atomic E-state index is -0.717. The lowest BCUT2D eigenvalue weighted by Gasteiger charge is -1.86. The predicted octanol–water partition coefficient (Wildman–Crippen LogP) is -0.837. The number of nitrogens with zero attached hydrogens (tertiary/aromatic N) is 4. The molecule has 2 rings (SSSR count). The molecular weight excluding hydrogens is 174 g/mol. The Bertz CT molecular complexity index is 477. The van der Waals surface area contributed by atoms with Gasteiger partial charge < -0.3 is 10.9 Å². The van der Waals surface area contributed by atoms with E-state index in [-0.39, 0.29) is 11.3 Å². The van der Waals surface area contributed by atoms with Crippen LogP contribution in [0.25, 0.3) is 11.0 Å². The van der Waals surface area contributed by atoms with Gasteiger partial charge in [0.1, 0.15) is 0 Å². The zero-order valence-corrected chi connectivity index (χ0v) is 6.38. The molecule has 7 heteroatoms. The number of hydrogen-bond acceptors (Lipinski definition) is 5. The van der Waals surface area contributed by atoms with Crippen LogP contribution in [0.1, 0.15) is 10.5 Å². The number of fused-ring (bicyclic) bond motifs is 1. The normalized spacial score (nSPS) is 10.5. The van der Waals surface area contributed by atoms with E-state index in [1.54, 1.807) is 0 Å². The average Bonchev–Trinajstić information content (AvgIpc) is 2.45. The molecule has 3 N–H and O–H groups in total. The lowest BCUT2D eigenvalue weighted by atomic mass is 10.3. The predicted molar refractivity (Wildman–Crippen MR) is 41.0 cm³/mol. The van der Waals surface area contributed by atoms with Crippen LogP contribution in [-0.2, 0) is 0 Å². The van der Waals surface area contributed by atoms with Crippen molar-refractivity contribution < 1.29 is 10.0 Å². The van der Waals surface area contributed by atoms with Crippen LogP contribution in [-0.4, -0.2) is 31.3 Å². The summed E-state index contributed by atoms with van der Waals surface area (Å²) in [4.78, 5) is 11.3. The number of hydrogen-bond donors (Lipinski definition) is 2. The Morgan fingerprint density at radius 2 is 2.38 bits per heavy atom. The van der Waals surface area contributed by atoms with Gasteiger partial charge in [-0.2, -0.15) is 5.10 Å². The van der Waals surface area contributed by atoms with Crippen molar-refractivity contribution in [3.63, 3.8) is 0 Å². The van der Waals surface area contributed by atoms with Crippen LogP contribution in [0.2, 0.25) is 0 Å².